The molecular formula is C24H27N3O4. The van der Waals surface area contributed by atoms with E-state index in [1.807, 2.05) is 42.2 Å². The normalized spacial score (nSPS) is 19.7. The van der Waals surface area contributed by atoms with Gasteiger partial charge in [0.2, 0.25) is 5.91 Å². The van der Waals surface area contributed by atoms with E-state index in [4.69, 9.17) is 4.74 Å². The number of piperazine rings is 1. The van der Waals surface area contributed by atoms with E-state index < -0.39 is 6.04 Å². The fourth-order valence-electron chi connectivity index (χ4n) is 4.08. The number of carbonyl (C=O) groups excluding carboxylic acids is 3. The number of carbonyl (C=O) groups is 3. The summed E-state index contributed by atoms with van der Waals surface area (Å²) in [4.78, 5) is 43.4. The van der Waals surface area contributed by atoms with Gasteiger partial charge in [0.05, 0.1) is 24.8 Å². The highest BCUT2D eigenvalue weighted by molar-refractivity contribution is 6.22. The summed E-state index contributed by atoms with van der Waals surface area (Å²) in [6, 6.07) is 15.8. The average molecular weight is 421 g/mol. The molecule has 7 heteroatoms. The molecule has 0 aliphatic carbocycles. The predicted molar refractivity (Wildman–Crippen MR) is 117 cm³/mol. The van der Waals surface area contributed by atoms with Gasteiger partial charge in [-0.1, -0.05) is 25.1 Å². The third kappa shape index (κ3) is 4.46. The molecule has 162 valence electrons. The molecular weight excluding hydrogens is 394 g/mol. The van der Waals surface area contributed by atoms with Crippen LogP contribution in [0.3, 0.4) is 0 Å². The molecule has 31 heavy (non-hydrogen) atoms. The Kier molecular flexibility index (Phi) is 6.32. The van der Waals surface area contributed by atoms with Crippen LogP contribution in [0.4, 0.5) is 5.69 Å². The molecule has 2 fully saturated rings. The molecule has 2 heterocycles. The van der Waals surface area contributed by atoms with Crippen LogP contribution in [0.25, 0.3) is 0 Å². The molecule has 0 spiro atoms. The lowest BCUT2D eigenvalue weighted by Gasteiger charge is -2.37. The van der Waals surface area contributed by atoms with E-state index in [0.29, 0.717) is 44.0 Å². The van der Waals surface area contributed by atoms with E-state index in [9.17, 15) is 14.4 Å². The monoisotopic (exact) mass is 421 g/mol. The van der Waals surface area contributed by atoms with Gasteiger partial charge in [0.25, 0.3) is 11.8 Å². The Morgan fingerprint density at radius 3 is 2.29 bits per heavy atom. The SMILES string of the molecule is CCCOc1ccc(N2C(=O)C[C@@H](N3CCN(C(=O)c4ccccc4)CC3)C2=O)cc1. The first kappa shape index (κ1) is 21.1. The molecule has 0 radical (unpaired) electrons. The van der Waals surface area contributed by atoms with Crippen molar-refractivity contribution in [3.63, 3.8) is 0 Å². The lowest BCUT2D eigenvalue weighted by Crippen LogP contribution is -2.53. The molecule has 0 N–H and O–H groups in total. The standard InChI is InChI=1S/C24H27N3O4/c1-2-16-31-20-10-8-19(9-11-20)27-22(28)17-21(24(27)30)25-12-14-26(15-13-25)23(29)18-6-4-3-5-7-18/h3-11,21H,2,12-17H2,1H3/t21-/m1/s1. The maximum absolute atomic E-state index is 13.1. The number of hydrogen-bond acceptors (Lipinski definition) is 5. The van der Waals surface area contributed by atoms with Crippen LogP contribution in [0.1, 0.15) is 30.1 Å². The van der Waals surface area contributed by atoms with Crippen molar-refractivity contribution in [3.8, 4) is 5.75 Å². The summed E-state index contributed by atoms with van der Waals surface area (Å²) < 4.78 is 5.58. The van der Waals surface area contributed by atoms with Gasteiger partial charge < -0.3 is 9.64 Å². The van der Waals surface area contributed by atoms with Gasteiger partial charge >= 0.3 is 0 Å². The Morgan fingerprint density at radius 1 is 0.968 bits per heavy atom. The number of hydrogen-bond donors (Lipinski definition) is 0. The Hall–Kier alpha value is -3.19. The Bertz CT molecular complexity index is 937. The number of benzene rings is 2. The fourth-order valence-corrected chi connectivity index (χ4v) is 4.08. The van der Waals surface area contributed by atoms with Gasteiger partial charge in [-0.3, -0.25) is 19.3 Å². The van der Waals surface area contributed by atoms with Crippen molar-refractivity contribution in [2.75, 3.05) is 37.7 Å². The third-order valence-electron chi connectivity index (χ3n) is 5.75. The predicted octanol–water partition coefficient (Wildman–Crippen LogP) is 2.57. The van der Waals surface area contributed by atoms with Gasteiger partial charge in [-0.25, -0.2) is 4.90 Å². The van der Waals surface area contributed by atoms with Gasteiger partial charge in [-0.05, 0) is 42.8 Å². The highest BCUT2D eigenvalue weighted by Gasteiger charge is 2.43. The highest BCUT2D eigenvalue weighted by atomic mass is 16.5. The summed E-state index contributed by atoms with van der Waals surface area (Å²) in [7, 11) is 0. The van der Waals surface area contributed by atoms with Crippen molar-refractivity contribution < 1.29 is 19.1 Å². The van der Waals surface area contributed by atoms with E-state index in [1.54, 1.807) is 29.2 Å². The van der Waals surface area contributed by atoms with Crippen molar-refractivity contribution in [1.29, 1.82) is 0 Å². The molecule has 2 aromatic rings. The molecule has 0 bridgehead atoms. The highest BCUT2D eigenvalue weighted by Crippen LogP contribution is 2.28. The van der Waals surface area contributed by atoms with E-state index in [1.165, 1.54) is 4.90 Å². The second-order valence-corrected chi connectivity index (χ2v) is 7.82. The van der Waals surface area contributed by atoms with E-state index in [-0.39, 0.29) is 24.1 Å². The summed E-state index contributed by atoms with van der Waals surface area (Å²) in [5, 5.41) is 0. The number of amides is 3. The molecule has 2 aliphatic heterocycles. The van der Waals surface area contributed by atoms with Crippen molar-refractivity contribution in [2.24, 2.45) is 0 Å². The zero-order chi connectivity index (χ0) is 21.8. The van der Waals surface area contributed by atoms with Crippen molar-refractivity contribution in [2.45, 2.75) is 25.8 Å². The first-order valence-corrected chi connectivity index (χ1v) is 10.8. The maximum atomic E-state index is 13.1. The molecule has 0 aromatic heterocycles. The minimum atomic E-state index is -0.475. The minimum absolute atomic E-state index is 0.00100. The molecule has 3 amide bonds. The largest absolute Gasteiger partial charge is 0.494 e. The lowest BCUT2D eigenvalue weighted by molar-refractivity contribution is -0.123. The summed E-state index contributed by atoms with van der Waals surface area (Å²) in [6.45, 7) is 4.87. The van der Waals surface area contributed by atoms with Crippen LogP contribution in [-0.4, -0.2) is 66.3 Å². The number of ether oxygens (including phenoxy) is 1. The average Bonchev–Trinajstić information content (AvgIpc) is 3.12. The topological polar surface area (TPSA) is 70.2 Å². The van der Waals surface area contributed by atoms with Gasteiger partial charge in [0, 0.05) is 31.7 Å². The van der Waals surface area contributed by atoms with Crippen molar-refractivity contribution in [1.82, 2.24) is 9.80 Å². The van der Waals surface area contributed by atoms with Crippen LogP contribution in [0.2, 0.25) is 0 Å². The minimum Gasteiger partial charge on any atom is -0.494 e. The molecule has 4 rings (SSSR count). The Labute approximate surface area is 182 Å². The number of nitrogens with zero attached hydrogens (tertiary/aromatic N) is 3. The number of rotatable bonds is 6. The van der Waals surface area contributed by atoms with Gasteiger partial charge in [-0.2, -0.15) is 0 Å². The third-order valence-corrected chi connectivity index (χ3v) is 5.75. The lowest BCUT2D eigenvalue weighted by atomic mass is 10.1. The van der Waals surface area contributed by atoms with Crippen LogP contribution >= 0.6 is 0 Å². The zero-order valence-corrected chi connectivity index (χ0v) is 17.7. The quantitative estimate of drug-likeness (QED) is 0.671. The summed E-state index contributed by atoms with van der Waals surface area (Å²) >= 11 is 0. The van der Waals surface area contributed by atoms with Crippen molar-refractivity contribution >= 4 is 23.4 Å². The molecule has 2 aliphatic rings. The van der Waals surface area contributed by atoms with Crippen LogP contribution < -0.4 is 9.64 Å². The summed E-state index contributed by atoms with van der Waals surface area (Å²) in [5.74, 6) is 0.330. The van der Waals surface area contributed by atoms with E-state index >= 15 is 0 Å². The van der Waals surface area contributed by atoms with E-state index in [0.717, 1.165) is 12.2 Å². The molecule has 2 saturated heterocycles. The Morgan fingerprint density at radius 2 is 1.65 bits per heavy atom. The van der Waals surface area contributed by atoms with E-state index in [2.05, 4.69) is 0 Å². The summed E-state index contributed by atoms with van der Waals surface area (Å²) in [5.41, 5.74) is 1.24. The number of anilines is 1. The number of imide groups is 1. The molecule has 0 saturated carbocycles. The first-order chi connectivity index (χ1) is 15.1. The second kappa shape index (κ2) is 9.31. The fraction of sp³-hybridized carbons (Fsp3) is 0.375. The van der Waals surface area contributed by atoms with Gasteiger partial charge in [0.15, 0.2) is 0 Å². The molecule has 0 unspecified atom stereocenters. The van der Waals surface area contributed by atoms with Crippen LogP contribution in [0.15, 0.2) is 54.6 Å². The maximum Gasteiger partial charge on any atom is 0.253 e. The van der Waals surface area contributed by atoms with Crippen molar-refractivity contribution in [3.05, 3.63) is 60.2 Å². The van der Waals surface area contributed by atoms with Crippen LogP contribution in [0.5, 0.6) is 5.75 Å². The molecule has 1 atom stereocenters. The van der Waals surface area contributed by atoms with Gasteiger partial charge in [-0.15, -0.1) is 0 Å². The van der Waals surface area contributed by atoms with Crippen LogP contribution in [-0.2, 0) is 9.59 Å². The smallest absolute Gasteiger partial charge is 0.253 e. The van der Waals surface area contributed by atoms with Gasteiger partial charge in [0.1, 0.15) is 5.75 Å². The second-order valence-electron chi connectivity index (χ2n) is 7.82. The first-order valence-electron chi connectivity index (χ1n) is 10.8. The summed E-state index contributed by atoms with van der Waals surface area (Å²) in [6.07, 6.45) is 1.08. The Balaban J connectivity index is 1.37. The van der Waals surface area contributed by atoms with Crippen LogP contribution in [0, 0.1) is 0 Å². The molecule has 7 nitrogen and oxygen atoms in total. The molecule has 2 aromatic carbocycles. The zero-order valence-electron chi connectivity index (χ0n) is 17.7.